The van der Waals surface area contributed by atoms with Crippen LogP contribution in [0.4, 0.5) is 0 Å². The molecule has 2 N–H and O–H groups in total. The summed E-state index contributed by atoms with van der Waals surface area (Å²) in [5, 5.41) is 6.02. The zero-order chi connectivity index (χ0) is 21.3. The lowest BCUT2D eigenvalue weighted by molar-refractivity contribution is -0.117. The highest BCUT2D eigenvalue weighted by molar-refractivity contribution is 6.30. The molecule has 0 fully saturated rings. The lowest BCUT2D eigenvalue weighted by Crippen LogP contribution is -2.36. The van der Waals surface area contributed by atoms with Gasteiger partial charge >= 0.3 is 0 Å². The van der Waals surface area contributed by atoms with Gasteiger partial charge in [0, 0.05) is 16.7 Å². The molecule has 0 saturated carbocycles. The Morgan fingerprint density at radius 1 is 1.07 bits per heavy atom. The van der Waals surface area contributed by atoms with Crippen molar-refractivity contribution in [3.63, 3.8) is 0 Å². The average molecular weight is 425 g/mol. The predicted molar refractivity (Wildman–Crippen MR) is 115 cm³/mol. The van der Waals surface area contributed by atoms with Gasteiger partial charge < -0.3 is 19.8 Å². The summed E-state index contributed by atoms with van der Waals surface area (Å²) >= 11 is 5.84. The predicted octanol–water partition coefficient (Wildman–Crippen LogP) is 4.21. The Kier molecular flexibility index (Phi) is 7.29. The maximum Gasteiger partial charge on any atom is 0.268 e. The molecule has 0 spiro atoms. The minimum Gasteiger partial charge on any atom is -0.492 e. The van der Waals surface area contributed by atoms with Crippen LogP contribution in [0.15, 0.2) is 77.0 Å². The molecule has 30 heavy (non-hydrogen) atoms. The Hall–Kier alpha value is -3.51. The number of nitrogens with one attached hydrogen (secondary N) is 2. The van der Waals surface area contributed by atoms with Crippen molar-refractivity contribution in [2.75, 3.05) is 13.2 Å². The molecule has 0 radical (unpaired) electrons. The standard InChI is InChI=1S/C23H21ClN2O4/c1-16-5-2-3-7-20(16)22(27)26-21(15-19-6-4-13-29-19)23(28)25-12-14-30-18-10-8-17(24)9-11-18/h2-11,13,15H,12,14H2,1H3,(H,25,28)(H,26,27)/b21-15-. The zero-order valence-electron chi connectivity index (χ0n) is 16.4. The number of amides is 2. The van der Waals surface area contributed by atoms with Crippen molar-refractivity contribution in [2.24, 2.45) is 0 Å². The summed E-state index contributed by atoms with van der Waals surface area (Å²) in [7, 11) is 0. The number of hydrogen-bond acceptors (Lipinski definition) is 4. The first-order valence-electron chi connectivity index (χ1n) is 9.31. The van der Waals surface area contributed by atoms with Crippen LogP contribution in [0, 0.1) is 6.92 Å². The lowest BCUT2D eigenvalue weighted by atomic mass is 10.1. The van der Waals surface area contributed by atoms with Gasteiger partial charge in [0.2, 0.25) is 0 Å². The summed E-state index contributed by atoms with van der Waals surface area (Å²) < 4.78 is 10.8. The van der Waals surface area contributed by atoms with E-state index in [-0.39, 0.29) is 24.8 Å². The van der Waals surface area contributed by atoms with Gasteiger partial charge in [0.25, 0.3) is 11.8 Å². The number of hydrogen-bond donors (Lipinski definition) is 2. The van der Waals surface area contributed by atoms with Crippen LogP contribution in [0.3, 0.4) is 0 Å². The second kappa shape index (κ2) is 10.3. The van der Waals surface area contributed by atoms with Crippen LogP contribution in [0.1, 0.15) is 21.7 Å². The van der Waals surface area contributed by atoms with Gasteiger partial charge in [-0.05, 0) is 55.0 Å². The van der Waals surface area contributed by atoms with Crippen LogP contribution in [-0.4, -0.2) is 25.0 Å². The minimum atomic E-state index is -0.451. The number of benzene rings is 2. The van der Waals surface area contributed by atoms with Gasteiger partial charge in [0.05, 0.1) is 12.8 Å². The normalized spacial score (nSPS) is 11.1. The molecule has 0 aliphatic carbocycles. The Bertz CT molecular complexity index is 1030. The first kappa shape index (κ1) is 21.2. The molecule has 0 saturated heterocycles. The molecule has 0 aliphatic rings. The van der Waals surface area contributed by atoms with E-state index in [0.29, 0.717) is 22.1 Å². The topological polar surface area (TPSA) is 80.6 Å². The van der Waals surface area contributed by atoms with Crippen LogP contribution in [-0.2, 0) is 4.79 Å². The Morgan fingerprint density at radius 3 is 2.53 bits per heavy atom. The maximum atomic E-state index is 12.7. The zero-order valence-corrected chi connectivity index (χ0v) is 17.1. The highest BCUT2D eigenvalue weighted by Crippen LogP contribution is 2.15. The van der Waals surface area contributed by atoms with Gasteiger partial charge in [0.1, 0.15) is 23.8 Å². The highest BCUT2D eigenvalue weighted by Gasteiger charge is 2.16. The number of carbonyl (C=O) groups excluding carboxylic acids is 2. The number of halogens is 1. The van der Waals surface area contributed by atoms with Crippen molar-refractivity contribution in [3.8, 4) is 5.75 Å². The molecular formula is C23H21ClN2O4. The first-order chi connectivity index (χ1) is 14.5. The average Bonchev–Trinajstić information content (AvgIpc) is 3.25. The largest absolute Gasteiger partial charge is 0.492 e. The van der Waals surface area contributed by atoms with Crippen molar-refractivity contribution in [3.05, 3.63) is 94.5 Å². The van der Waals surface area contributed by atoms with Crippen molar-refractivity contribution in [2.45, 2.75) is 6.92 Å². The summed E-state index contributed by atoms with van der Waals surface area (Å²) in [6, 6.07) is 17.5. The molecule has 3 aromatic rings. The van der Waals surface area contributed by atoms with E-state index in [1.807, 2.05) is 19.1 Å². The number of rotatable bonds is 8. The fourth-order valence-electron chi connectivity index (χ4n) is 2.65. The number of aryl methyl sites for hydroxylation is 1. The Labute approximate surface area is 179 Å². The van der Waals surface area contributed by atoms with Gasteiger partial charge in [-0.15, -0.1) is 0 Å². The highest BCUT2D eigenvalue weighted by atomic mass is 35.5. The number of carbonyl (C=O) groups is 2. The fraction of sp³-hybridized carbons (Fsp3) is 0.130. The molecule has 0 bridgehead atoms. The monoisotopic (exact) mass is 424 g/mol. The van der Waals surface area contributed by atoms with Gasteiger partial charge in [-0.2, -0.15) is 0 Å². The quantitative estimate of drug-likeness (QED) is 0.419. The summed E-state index contributed by atoms with van der Waals surface area (Å²) in [4.78, 5) is 25.3. The molecule has 0 unspecified atom stereocenters. The third-order valence-corrected chi connectivity index (χ3v) is 4.43. The Morgan fingerprint density at radius 2 is 1.83 bits per heavy atom. The van der Waals surface area contributed by atoms with Gasteiger partial charge in [-0.3, -0.25) is 9.59 Å². The molecule has 0 atom stereocenters. The summed E-state index contributed by atoms with van der Waals surface area (Å²) in [5.74, 6) is 0.266. The van der Waals surface area contributed by atoms with E-state index in [1.54, 1.807) is 48.5 Å². The van der Waals surface area contributed by atoms with Crippen molar-refractivity contribution in [1.82, 2.24) is 10.6 Å². The van der Waals surface area contributed by atoms with Crippen molar-refractivity contribution in [1.29, 1.82) is 0 Å². The summed E-state index contributed by atoms with van der Waals surface area (Å²) in [6.45, 7) is 2.34. The van der Waals surface area contributed by atoms with Gasteiger partial charge in [-0.1, -0.05) is 29.8 Å². The van der Waals surface area contributed by atoms with E-state index in [9.17, 15) is 9.59 Å². The molecule has 154 valence electrons. The van der Waals surface area contributed by atoms with Crippen LogP contribution in [0.5, 0.6) is 5.75 Å². The van der Waals surface area contributed by atoms with E-state index < -0.39 is 5.91 Å². The molecule has 2 amide bonds. The first-order valence-corrected chi connectivity index (χ1v) is 9.69. The second-order valence-corrected chi connectivity index (χ2v) is 6.84. The molecule has 1 heterocycles. The minimum absolute atomic E-state index is 0.0738. The SMILES string of the molecule is Cc1ccccc1C(=O)N/C(=C\c1ccco1)C(=O)NCCOc1ccc(Cl)cc1. The van der Waals surface area contributed by atoms with Crippen molar-refractivity contribution < 1.29 is 18.7 Å². The summed E-state index contributed by atoms with van der Waals surface area (Å²) in [5.41, 5.74) is 1.37. The van der Waals surface area contributed by atoms with Gasteiger partial charge in [0.15, 0.2) is 0 Å². The summed E-state index contributed by atoms with van der Waals surface area (Å²) in [6.07, 6.45) is 2.97. The van der Waals surface area contributed by atoms with E-state index in [4.69, 9.17) is 20.8 Å². The van der Waals surface area contributed by atoms with Crippen LogP contribution >= 0.6 is 11.6 Å². The van der Waals surface area contributed by atoms with Gasteiger partial charge in [-0.25, -0.2) is 0 Å². The molecule has 7 heteroatoms. The molecule has 6 nitrogen and oxygen atoms in total. The Balaban J connectivity index is 1.63. The third kappa shape index (κ3) is 5.99. The van der Waals surface area contributed by atoms with E-state index in [2.05, 4.69) is 10.6 Å². The van der Waals surface area contributed by atoms with E-state index in [0.717, 1.165) is 5.56 Å². The smallest absolute Gasteiger partial charge is 0.268 e. The van der Waals surface area contributed by atoms with Crippen LogP contribution in [0.25, 0.3) is 6.08 Å². The number of ether oxygens (including phenoxy) is 1. The maximum absolute atomic E-state index is 12.7. The van der Waals surface area contributed by atoms with E-state index >= 15 is 0 Å². The van der Waals surface area contributed by atoms with Crippen molar-refractivity contribution >= 4 is 29.5 Å². The third-order valence-electron chi connectivity index (χ3n) is 4.18. The number of furan rings is 1. The molecule has 3 rings (SSSR count). The lowest BCUT2D eigenvalue weighted by Gasteiger charge is -2.12. The molecule has 1 aromatic heterocycles. The fourth-order valence-corrected chi connectivity index (χ4v) is 2.78. The molecule has 2 aromatic carbocycles. The van der Waals surface area contributed by atoms with Crippen LogP contribution in [0.2, 0.25) is 5.02 Å². The van der Waals surface area contributed by atoms with E-state index in [1.165, 1.54) is 12.3 Å². The second-order valence-electron chi connectivity index (χ2n) is 6.40. The molecule has 0 aliphatic heterocycles. The molecular weight excluding hydrogens is 404 g/mol. The van der Waals surface area contributed by atoms with Crippen LogP contribution < -0.4 is 15.4 Å².